The topological polar surface area (TPSA) is 38.9 Å². The van der Waals surface area contributed by atoms with Gasteiger partial charge in [0.25, 0.3) is 0 Å². The summed E-state index contributed by atoms with van der Waals surface area (Å²) in [7, 11) is 0. The molecule has 3 rings (SSSR count). The molecule has 3 heteroatoms. The lowest BCUT2D eigenvalue weighted by Crippen LogP contribution is -2.03. The molecule has 0 bridgehead atoms. The van der Waals surface area contributed by atoms with E-state index in [4.69, 9.17) is 10.7 Å². The molecule has 2 nitrogen and oxygen atoms in total. The van der Waals surface area contributed by atoms with Gasteiger partial charge >= 0.3 is 0 Å². The van der Waals surface area contributed by atoms with Gasteiger partial charge in [-0.1, -0.05) is 31.4 Å². The van der Waals surface area contributed by atoms with E-state index in [-0.39, 0.29) is 0 Å². The monoisotopic (exact) mass is 258 g/mol. The maximum Gasteiger partial charge on any atom is 0.0963 e. The van der Waals surface area contributed by atoms with Gasteiger partial charge in [-0.3, -0.25) is 0 Å². The SMILES string of the molecule is Nc1cccc(-c2csc(C3CCCCC3)n2)c1. The second kappa shape index (κ2) is 5.11. The molecule has 0 unspecified atom stereocenters. The highest BCUT2D eigenvalue weighted by atomic mass is 32.1. The van der Waals surface area contributed by atoms with Crippen molar-refractivity contribution in [2.45, 2.75) is 38.0 Å². The lowest BCUT2D eigenvalue weighted by molar-refractivity contribution is 0.442. The third kappa shape index (κ3) is 2.41. The summed E-state index contributed by atoms with van der Waals surface area (Å²) in [6, 6.07) is 7.98. The Hall–Kier alpha value is -1.35. The minimum Gasteiger partial charge on any atom is -0.399 e. The fourth-order valence-electron chi connectivity index (χ4n) is 2.66. The lowest BCUT2D eigenvalue weighted by Gasteiger charge is -2.18. The molecule has 0 atom stereocenters. The highest BCUT2D eigenvalue weighted by Gasteiger charge is 2.18. The van der Waals surface area contributed by atoms with E-state index in [0.29, 0.717) is 5.92 Å². The molecule has 0 amide bonds. The fourth-order valence-corrected chi connectivity index (χ4v) is 3.66. The van der Waals surface area contributed by atoms with Gasteiger partial charge in [0.1, 0.15) is 0 Å². The minimum atomic E-state index is 0.693. The summed E-state index contributed by atoms with van der Waals surface area (Å²) in [5, 5.41) is 3.48. The third-order valence-electron chi connectivity index (χ3n) is 3.66. The van der Waals surface area contributed by atoms with Crippen molar-refractivity contribution in [3.05, 3.63) is 34.7 Å². The highest BCUT2D eigenvalue weighted by molar-refractivity contribution is 7.10. The van der Waals surface area contributed by atoms with Crippen molar-refractivity contribution in [1.82, 2.24) is 4.98 Å². The molecule has 1 aliphatic rings. The van der Waals surface area contributed by atoms with Gasteiger partial charge < -0.3 is 5.73 Å². The van der Waals surface area contributed by atoms with Gasteiger partial charge in [0.05, 0.1) is 10.7 Å². The number of rotatable bonds is 2. The number of hydrogen-bond acceptors (Lipinski definition) is 3. The van der Waals surface area contributed by atoms with E-state index in [1.165, 1.54) is 37.1 Å². The van der Waals surface area contributed by atoms with Crippen molar-refractivity contribution in [2.75, 3.05) is 5.73 Å². The Bertz CT molecular complexity index is 527. The molecule has 0 spiro atoms. The van der Waals surface area contributed by atoms with Crippen LogP contribution in [0.1, 0.15) is 43.0 Å². The van der Waals surface area contributed by atoms with Crippen LogP contribution in [0, 0.1) is 0 Å². The predicted molar refractivity (Wildman–Crippen MR) is 77.8 cm³/mol. The number of nitrogens with two attached hydrogens (primary N) is 1. The molecule has 1 heterocycles. The zero-order chi connectivity index (χ0) is 12.4. The van der Waals surface area contributed by atoms with E-state index < -0.39 is 0 Å². The maximum absolute atomic E-state index is 5.82. The number of hydrogen-bond donors (Lipinski definition) is 1. The molecule has 1 saturated carbocycles. The van der Waals surface area contributed by atoms with Crippen molar-refractivity contribution in [3.63, 3.8) is 0 Å². The quantitative estimate of drug-likeness (QED) is 0.809. The molecule has 0 radical (unpaired) electrons. The van der Waals surface area contributed by atoms with Crippen LogP contribution in [0.25, 0.3) is 11.3 Å². The summed E-state index contributed by atoms with van der Waals surface area (Å²) in [6.07, 6.45) is 6.73. The predicted octanol–water partition coefficient (Wildman–Crippen LogP) is 4.44. The lowest BCUT2D eigenvalue weighted by atomic mass is 9.90. The summed E-state index contributed by atoms with van der Waals surface area (Å²) in [4.78, 5) is 4.81. The van der Waals surface area contributed by atoms with Gasteiger partial charge in [0.15, 0.2) is 0 Å². The second-order valence-electron chi connectivity index (χ2n) is 5.03. The van der Waals surface area contributed by atoms with Crippen LogP contribution in [0.15, 0.2) is 29.6 Å². The molecular weight excluding hydrogens is 240 g/mol. The van der Waals surface area contributed by atoms with E-state index in [0.717, 1.165) is 16.9 Å². The Balaban J connectivity index is 1.84. The molecular formula is C15H18N2S. The zero-order valence-electron chi connectivity index (χ0n) is 10.4. The number of nitrogens with zero attached hydrogens (tertiary/aromatic N) is 1. The number of anilines is 1. The smallest absolute Gasteiger partial charge is 0.0963 e. The Labute approximate surface area is 112 Å². The molecule has 2 aromatic rings. The first-order valence-corrected chi connectivity index (χ1v) is 7.52. The molecule has 1 aromatic carbocycles. The van der Waals surface area contributed by atoms with E-state index in [1.807, 2.05) is 18.2 Å². The largest absolute Gasteiger partial charge is 0.399 e. The van der Waals surface area contributed by atoms with Crippen molar-refractivity contribution < 1.29 is 0 Å². The summed E-state index contributed by atoms with van der Waals surface area (Å²) in [6.45, 7) is 0. The molecule has 1 aromatic heterocycles. The van der Waals surface area contributed by atoms with Crippen LogP contribution >= 0.6 is 11.3 Å². The first-order chi connectivity index (χ1) is 8.83. The molecule has 94 valence electrons. The second-order valence-corrected chi connectivity index (χ2v) is 5.92. The van der Waals surface area contributed by atoms with Crippen LogP contribution in [0.4, 0.5) is 5.69 Å². The molecule has 0 saturated heterocycles. The van der Waals surface area contributed by atoms with E-state index in [1.54, 1.807) is 11.3 Å². The van der Waals surface area contributed by atoms with Gasteiger partial charge in [-0.15, -0.1) is 11.3 Å². The molecule has 18 heavy (non-hydrogen) atoms. The van der Waals surface area contributed by atoms with Crippen molar-refractivity contribution in [3.8, 4) is 11.3 Å². The summed E-state index contributed by atoms with van der Waals surface area (Å²) >= 11 is 1.80. The Morgan fingerprint density at radius 1 is 1.17 bits per heavy atom. The molecule has 2 N–H and O–H groups in total. The van der Waals surface area contributed by atoms with Gasteiger partial charge in [-0.05, 0) is 25.0 Å². The number of aromatic nitrogens is 1. The number of thiazole rings is 1. The Kier molecular flexibility index (Phi) is 3.33. The summed E-state index contributed by atoms with van der Waals surface area (Å²) < 4.78 is 0. The summed E-state index contributed by atoms with van der Waals surface area (Å²) in [5.74, 6) is 0.693. The highest BCUT2D eigenvalue weighted by Crippen LogP contribution is 2.36. The first-order valence-electron chi connectivity index (χ1n) is 6.64. The van der Waals surface area contributed by atoms with Gasteiger partial charge in [-0.25, -0.2) is 4.98 Å². The normalized spacial score (nSPS) is 16.9. The minimum absolute atomic E-state index is 0.693. The van der Waals surface area contributed by atoms with Crippen LogP contribution in [0.2, 0.25) is 0 Å². The molecule has 0 aliphatic heterocycles. The van der Waals surface area contributed by atoms with E-state index >= 15 is 0 Å². The average molecular weight is 258 g/mol. The first kappa shape index (κ1) is 11.7. The van der Waals surface area contributed by atoms with E-state index in [9.17, 15) is 0 Å². The average Bonchev–Trinajstić information content (AvgIpc) is 2.89. The van der Waals surface area contributed by atoms with Crippen molar-refractivity contribution >= 4 is 17.0 Å². The van der Waals surface area contributed by atoms with Crippen LogP contribution < -0.4 is 5.73 Å². The van der Waals surface area contributed by atoms with Crippen LogP contribution in [-0.4, -0.2) is 4.98 Å². The summed E-state index contributed by atoms with van der Waals surface area (Å²) in [5.41, 5.74) is 8.84. The Morgan fingerprint density at radius 2 is 2.00 bits per heavy atom. The van der Waals surface area contributed by atoms with E-state index in [2.05, 4.69) is 11.4 Å². The van der Waals surface area contributed by atoms with Crippen LogP contribution in [-0.2, 0) is 0 Å². The number of nitrogen functional groups attached to an aromatic ring is 1. The molecule has 1 aliphatic carbocycles. The van der Waals surface area contributed by atoms with Crippen LogP contribution in [0.3, 0.4) is 0 Å². The van der Waals surface area contributed by atoms with Crippen molar-refractivity contribution in [2.24, 2.45) is 0 Å². The standard InChI is InChI=1S/C15H18N2S/c16-13-8-4-7-12(9-13)14-10-18-15(17-14)11-5-2-1-3-6-11/h4,7-11H,1-3,5-6,16H2. The maximum atomic E-state index is 5.82. The van der Waals surface area contributed by atoms with Gasteiger partial charge in [0.2, 0.25) is 0 Å². The number of benzene rings is 1. The zero-order valence-corrected chi connectivity index (χ0v) is 11.2. The third-order valence-corrected chi connectivity index (χ3v) is 4.67. The van der Waals surface area contributed by atoms with Gasteiger partial charge in [-0.2, -0.15) is 0 Å². The molecule has 1 fully saturated rings. The fraction of sp³-hybridized carbons (Fsp3) is 0.400. The van der Waals surface area contributed by atoms with Gasteiger partial charge in [0, 0.05) is 22.5 Å². The van der Waals surface area contributed by atoms with Crippen LogP contribution in [0.5, 0.6) is 0 Å². The Morgan fingerprint density at radius 3 is 2.78 bits per heavy atom. The van der Waals surface area contributed by atoms with Crippen molar-refractivity contribution in [1.29, 1.82) is 0 Å².